The van der Waals surface area contributed by atoms with Crippen LogP contribution in [0, 0.1) is 0 Å². The summed E-state index contributed by atoms with van der Waals surface area (Å²) in [6.07, 6.45) is 3.98. The van der Waals surface area contributed by atoms with E-state index in [2.05, 4.69) is 6.92 Å². The quantitative estimate of drug-likeness (QED) is 0.297. The minimum Gasteiger partial charge on any atom is -0.507 e. The van der Waals surface area contributed by atoms with Gasteiger partial charge in [-0.25, -0.2) is 0 Å². The third-order valence-electron chi connectivity index (χ3n) is 5.03. The van der Waals surface area contributed by atoms with Crippen LogP contribution >= 0.6 is 11.6 Å². The van der Waals surface area contributed by atoms with Crippen molar-refractivity contribution in [2.24, 2.45) is 0 Å². The lowest BCUT2D eigenvalue weighted by atomic mass is 9.95. The zero-order valence-electron chi connectivity index (χ0n) is 15.9. The number of hydrogen-bond donors (Lipinski definition) is 1. The highest BCUT2D eigenvalue weighted by atomic mass is 35.5. The summed E-state index contributed by atoms with van der Waals surface area (Å²) in [4.78, 5) is 27.2. The van der Waals surface area contributed by atoms with Crippen molar-refractivity contribution in [3.8, 4) is 0 Å². The molecule has 0 radical (unpaired) electrons. The van der Waals surface area contributed by atoms with E-state index in [4.69, 9.17) is 11.6 Å². The molecule has 5 heteroatoms. The number of Topliss-reactive ketones (excluding diaryl/α,β-unsaturated/α-hetero) is 1. The van der Waals surface area contributed by atoms with E-state index in [0.717, 1.165) is 31.2 Å². The van der Waals surface area contributed by atoms with Crippen LogP contribution in [0.2, 0.25) is 5.02 Å². The Balaban J connectivity index is 2.04. The van der Waals surface area contributed by atoms with Gasteiger partial charge in [0.2, 0.25) is 0 Å². The molecule has 0 aromatic heterocycles. The zero-order valence-corrected chi connectivity index (χ0v) is 16.7. The minimum absolute atomic E-state index is 0.133. The largest absolute Gasteiger partial charge is 0.507 e. The molecule has 1 fully saturated rings. The van der Waals surface area contributed by atoms with Crippen molar-refractivity contribution >= 4 is 29.1 Å². The highest BCUT2D eigenvalue weighted by molar-refractivity contribution is 6.46. The Morgan fingerprint density at radius 1 is 1.00 bits per heavy atom. The number of hydrogen-bond acceptors (Lipinski definition) is 3. The summed E-state index contributed by atoms with van der Waals surface area (Å²) < 4.78 is 0. The second-order valence-electron chi connectivity index (χ2n) is 6.97. The maximum Gasteiger partial charge on any atom is 0.295 e. The van der Waals surface area contributed by atoms with Gasteiger partial charge in [-0.05, 0) is 24.1 Å². The minimum atomic E-state index is -0.642. The van der Waals surface area contributed by atoms with Crippen molar-refractivity contribution in [2.45, 2.75) is 38.6 Å². The first-order chi connectivity index (χ1) is 13.5. The smallest absolute Gasteiger partial charge is 0.295 e. The summed E-state index contributed by atoms with van der Waals surface area (Å²) in [6.45, 7) is 2.60. The maximum atomic E-state index is 12.8. The van der Waals surface area contributed by atoms with Crippen molar-refractivity contribution in [1.29, 1.82) is 0 Å². The number of nitrogens with zero attached hydrogens (tertiary/aromatic N) is 1. The van der Waals surface area contributed by atoms with Crippen LogP contribution in [0.5, 0.6) is 0 Å². The second-order valence-corrected chi connectivity index (χ2v) is 7.41. The van der Waals surface area contributed by atoms with Crippen LogP contribution in [-0.2, 0) is 9.59 Å². The average molecular weight is 398 g/mol. The molecule has 28 heavy (non-hydrogen) atoms. The van der Waals surface area contributed by atoms with E-state index in [1.807, 2.05) is 6.07 Å². The predicted molar refractivity (Wildman–Crippen MR) is 111 cm³/mol. The third kappa shape index (κ3) is 4.12. The van der Waals surface area contributed by atoms with Gasteiger partial charge in [-0.3, -0.25) is 9.59 Å². The first kappa shape index (κ1) is 20.2. The van der Waals surface area contributed by atoms with Gasteiger partial charge in [0, 0.05) is 17.1 Å². The fourth-order valence-corrected chi connectivity index (χ4v) is 3.69. The SMILES string of the molecule is CCCCCCN1C(=O)C(=O)/C(=C(\O)c2ccccc2)C1c1ccc(Cl)cc1. The maximum absolute atomic E-state index is 12.8. The summed E-state index contributed by atoms with van der Waals surface area (Å²) in [5, 5.41) is 11.5. The molecule has 1 heterocycles. The molecule has 0 spiro atoms. The first-order valence-corrected chi connectivity index (χ1v) is 10.0. The Kier molecular flexibility index (Phi) is 6.53. The summed E-state index contributed by atoms with van der Waals surface area (Å²) in [5.41, 5.74) is 1.41. The summed E-state index contributed by atoms with van der Waals surface area (Å²) in [6, 6.07) is 15.3. The van der Waals surface area contributed by atoms with E-state index in [1.165, 1.54) is 0 Å². The van der Waals surface area contributed by atoms with Crippen molar-refractivity contribution < 1.29 is 14.7 Å². The Bertz CT molecular complexity index is 874. The molecule has 3 rings (SSSR count). The van der Waals surface area contributed by atoms with Gasteiger partial charge in [0.15, 0.2) is 0 Å². The monoisotopic (exact) mass is 397 g/mol. The topological polar surface area (TPSA) is 57.6 Å². The Morgan fingerprint density at radius 2 is 1.68 bits per heavy atom. The molecule has 2 aromatic carbocycles. The fourth-order valence-electron chi connectivity index (χ4n) is 3.56. The number of carbonyl (C=O) groups is 2. The molecular weight excluding hydrogens is 374 g/mol. The van der Waals surface area contributed by atoms with Crippen LogP contribution in [0.3, 0.4) is 0 Å². The lowest BCUT2D eigenvalue weighted by Crippen LogP contribution is -2.30. The normalized spacial score (nSPS) is 18.6. The number of halogens is 1. The predicted octanol–water partition coefficient (Wildman–Crippen LogP) is 5.34. The van der Waals surface area contributed by atoms with Crippen LogP contribution in [0.25, 0.3) is 5.76 Å². The van der Waals surface area contributed by atoms with Crippen LogP contribution in [0.15, 0.2) is 60.2 Å². The molecule has 0 bridgehead atoms. The van der Waals surface area contributed by atoms with E-state index in [0.29, 0.717) is 17.1 Å². The number of aliphatic hydroxyl groups excluding tert-OH is 1. The number of ketones is 1. The number of amides is 1. The highest BCUT2D eigenvalue weighted by Gasteiger charge is 2.45. The summed E-state index contributed by atoms with van der Waals surface area (Å²) in [7, 11) is 0. The van der Waals surface area contributed by atoms with Gasteiger partial charge in [0.25, 0.3) is 11.7 Å². The summed E-state index contributed by atoms with van der Waals surface area (Å²) in [5.74, 6) is -1.35. The lowest BCUT2D eigenvalue weighted by Gasteiger charge is -2.25. The number of benzene rings is 2. The van der Waals surface area contributed by atoms with Gasteiger partial charge in [-0.2, -0.15) is 0 Å². The zero-order chi connectivity index (χ0) is 20.1. The molecule has 1 aliphatic heterocycles. The van der Waals surface area contributed by atoms with Gasteiger partial charge in [0.05, 0.1) is 11.6 Å². The molecule has 1 amide bonds. The number of carbonyl (C=O) groups excluding carboxylic acids is 2. The highest BCUT2D eigenvalue weighted by Crippen LogP contribution is 2.39. The third-order valence-corrected chi connectivity index (χ3v) is 5.28. The molecule has 1 saturated heterocycles. The molecule has 1 atom stereocenters. The van der Waals surface area contributed by atoms with E-state index >= 15 is 0 Å². The Morgan fingerprint density at radius 3 is 2.32 bits per heavy atom. The first-order valence-electron chi connectivity index (χ1n) is 9.64. The Hall–Kier alpha value is -2.59. The number of unbranched alkanes of at least 4 members (excludes halogenated alkanes) is 3. The molecule has 4 nitrogen and oxygen atoms in total. The fraction of sp³-hybridized carbons (Fsp3) is 0.304. The van der Waals surface area contributed by atoms with Gasteiger partial charge in [-0.15, -0.1) is 0 Å². The van der Waals surface area contributed by atoms with Crippen LogP contribution in [0.4, 0.5) is 0 Å². The number of rotatable bonds is 7. The summed E-state index contributed by atoms with van der Waals surface area (Å²) >= 11 is 6.02. The molecule has 1 N–H and O–H groups in total. The van der Waals surface area contributed by atoms with Crippen molar-refractivity contribution in [1.82, 2.24) is 4.90 Å². The van der Waals surface area contributed by atoms with Gasteiger partial charge in [-0.1, -0.05) is 80.3 Å². The standard InChI is InChI=1S/C23H24ClNO3/c1-2-3-4-8-15-25-20(16-11-13-18(24)14-12-16)19(22(27)23(25)28)21(26)17-9-6-5-7-10-17/h5-7,9-14,20,26H,2-4,8,15H2,1H3/b21-19-. The van der Waals surface area contributed by atoms with Crippen molar-refractivity contribution in [3.05, 3.63) is 76.3 Å². The molecular formula is C23H24ClNO3. The van der Waals surface area contributed by atoms with Crippen LogP contribution in [-0.4, -0.2) is 28.2 Å². The molecule has 2 aromatic rings. The van der Waals surface area contributed by atoms with E-state index in [-0.39, 0.29) is 11.3 Å². The van der Waals surface area contributed by atoms with Gasteiger partial charge in [0.1, 0.15) is 5.76 Å². The van der Waals surface area contributed by atoms with Crippen LogP contribution in [0.1, 0.15) is 49.8 Å². The average Bonchev–Trinajstić information content (AvgIpc) is 2.97. The Labute approximate surface area is 170 Å². The molecule has 0 saturated carbocycles. The lowest BCUT2D eigenvalue weighted by molar-refractivity contribution is -0.139. The van der Waals surface area contributed by atoms with Gasteiger partial charge < -0.3 is 10.0 Å². The molecule has 1 unspecified atom stereocenters. The second kappa shape index (κ2) is 9.07. The number of likely N-dealkylation sites (tertiary alicyclic amines) is 1. The van der Waals surface area contributed by atoms with Gasteiger partial charge >= 0.3 is 0 Å². The molecule has 146 valence electrons. The van der Waals surface area contributed by atoms with Crippen molar-refractivity contribution in [2.75, 3.05) is 6.54 Å². The van der Waals surface area contributed by atoms with Crippen molar-refractivity contribution in [3.63, 3.8) is 0 Å². The van der Waals surface area contributed by atoms with E-state index in [1.54, 1.807) is 53.4 Å². The van der Waals surface area contributed by atoms with E-state index < -0.39 is 17.7 Å². The molecule has 1 aliphatic rings. The van der Waals surface area contributed by atoms with E-state index in [9.17, 15) is 14.7 Å². The number of aliphatic hydroxyl groups is 1. The molecule has 0 aliphatic carbocycles. The van der Waals surface area contributed by atoms with Crippen LogP contribution < -0.4 is 0 Å².